The predicted molar refractivity (Wildman–Crippen MR) is 324 cm³/mol. The number of aromatic amines is 1. The lowest BCUT2D eigenvalue weighted by atomic mass is 9.79. The number of rotatable bonds is 21. The molecule has 13 N–H and O–H groups in total. The summed E-state index contributed by atoms with van der Waals surface area (Å²) in [5, 5.41) is 56.8. The van der Waals surface area contributed by atoms with E-state index in [2.05, 4.69) is 36.9 Å². The standard InChI is InChI=1S/C60H87N9O18S2/c1-6-30(2)39-20-36(71)24-63-55(81)35-18-40-38-14-15-48(87-5)41(28-88-17-7-8-45(73)34-12-10-33(11-13-34)23-62-54(80)31(3)9-16-51(78)79)53(38)68-59(40)89(86)29-43(65-50(77)25-64-56(39)82)57(83)66-42(22-49(61)76)60(85)69-26-37(72)21-44(69)58(84)67-52(46(74)19-35)32(4)47(75)27-70/h14-15,30-35,37,39,42-44,47,52,68,70,72,75H,6-13,16-29H2,1-5H3,(H2,61,76)(H,62,80)(H,63,81)(H,64,82)(H,65,77)(H,66,83)(H,67,84)(H,78,79)/t30-,31?,32-,33?,34?,35+,37+,39-,42-,43-,44-,47-,52-,89?/m0/s1. The van der Waals surface area contributed by atoms with Crippen molar-refractivity contribution in [3.63, 3.8) is 0 Å². The van der Waals surface area contributed by atoms with Crippen LogP contribution in [0.1, 0.15) is 122 Å². The highest BCUT2D eigenvalue weighted by molar-refractivity contribution is 7.98. The van der Waals surface area contributed by atoms with Crippen molar-refractivity contribution in [1.82, 2.24) is 41.8 Å². The van der Waals surface area contributed by atoms with Gasteiger partial charge in [-0.05, 0) is 80.2 Å². The fraction of sp³-hybridized carbons (Fsp3) is 0.667. The molecule has 4 heterocycles. The number of aliphatic carboxylic acids is 1. The third-order valence-electron chi connectivity index (χ3n) is 17.7. The van der Waals surface area contributed by atoms with E-state index in [1.807, 2.05) is 0 Å². The molecule has 0 radical (unpaired) electrons. The molecule has 1 aromatic heterocycles. The van der Waals surface area contributed by atoms with Gasteiger partial charge in [-0.3, -0.25) is 61.7 Å². The minimum atomic E-state index is -2.42. The van der Waals surface area contributed by atoms with Crippen LogP contribution in [0.5, 0.6) is 5.75 Å². The molecule has 6 rings (SSSR count). The van der Waals surface area contributed by atoms with E-state index in [-0.39, 0.29) is 59.1 Å². The first-order valence-electron chi connectivity index (χ1n) is 30.5. The number of carbonyl (C=O) groups excluding carboxylic acids is 11. The number of carboxylic acid groups (broad SMARTS) is 1. The fourth-order valence-corrected chi connectivity index (χ4v) is 14.4. The van der Waals surface area contributed by atoms with Crippen molar-refractivity contribution in [2.75, 3.05) is 51.4 Å². The van der Waals surface area contributed by atoms with Crippen LogP contribution >= 0.6 is 11.8 Å². The van der Waals surface area contributed by atoms with Gasteiger partial charge in [-0.2, -0.15) is 11.8 Å². The molecule has 4 aliphatic rings. The SMILES string of the molecule is CC[C@H](C)[C@@H]1CC(=O)CNC(=O)[C@H]2CC(=O)[C@H]([C@@H](C)[C@@H](O)CO)NC(=O)[C@@H]3C[C@@H](O)CN3C(=O)[C@H](CC(N)=O)NC(=O)[C@H](CS(=O)c3[nH]c4c(CSCCCC(=O)C5CCC(CNC(=O)C(C)CCC(=O)O)CC5)c(OC)ccc4c3C2)NC(=O)CNC1=O. The van der Waals surface area contributed by atoms with Crippen molar-refractivity contribution in [2.24, 2.45) is 47.2 Å². The van der Waals surface area contributed by atoms with Crippen LogP contribution in [0.15, 0.2) is 17.2 Å². The number of aromatic nitrogens is 1. The van der Waals surface area contributed by atoms with Crippen molar-refractivity contribution in [3.8, 4) is 5.75 Å². The third-order valence-corrected chi connectivity index (χ3v) is 20.2. The molecule has 2 bridgehead atoms. The van der Waals surface area contributed by atoms with Crippen molar-refractivity contribution in [2.45, 2.75) is 165 Å². The zero-order valence-corrected chi connectivity index (χ0v) is 52.7. The normalized spacial score (nSPS) is 26.9. The molecule has 29 heteroatoms. The number of primary amides is 1. The number of fused-ring (bicyclic) bond motifs is 5. The summed E-state index contributed by atoms with van der Waals surface area (Å²) in [7, 11) is -0.981. The molecule has 12 atom stereocenters. The quantitative estimate of drug-likeness (QED) is 0.0706. The van der Waals surface area contributed by atoms with Gasteiger partial charge in [-0.25, -0.2) is 0 Å². The average Bonchev–Trinajstić information content (AvgIpc) is 1.71. The summed E-state index contributed by atoms with van der Waals surface area (Å²) in [4.78, 5) is 169. The number of methoxy groups -OCH3 is 1. The smallest absolute Gasteiger partial charge is 0.303 e. The Morgan fingerprint density at radius 3 is 2.27 bits per heavy atom. The summed E-state index contributed by atoms with van der Waals surface area (Å²) in [6, 6.07) is -3.69. The number of carboxylic acids is 1. The zero-order valence-electron chi connectivity index (χ0n) is 51.1. The minimum Gasteiger partial charge on any atom is -0.496 e. The van der Waals surface area contributed by atoms with Crippen molar-refractivity contribution in [3.05, 3.63) is 23.3 Å². The monoisotopic (exact) mass is 1290 g/mol. The predicted octanol–water partition coefficient (Wildman–Crippen LogP) is -0.430. The highest BCUT2D eigenvalue weighted by atomic mass is 32.2. The molecule has 2 fully saturated rings. The number of benzene rings is 1. The molecule has 1 saturated carbocycles. The lowest BCUT2D eigenvalue weighted by molar-refractivity contribution is -0.144. The number of Topliss-reactive ketones (excluding diaryl/α,β-unsaturated/α-hetero) is 3. The first-order chi connectivity index (χ1) is 42.2. The van der Waals surface area contributed by atoms with Gasteiger partial charge in [-0.15, -0.1) is 0 Å². The second-order valence-corrected chi connectivity index (χ2v) is 26.7. The second kappa shape index (κ2) is 33.3. The molecule has 1 aromatic carbocycles. The Morgan fingerprint density at radius 1 is 0.899 bits per heavy atom. The third kappa shape index (κ3) is 19.4. The number of thioether (sulfide) groups is 1. The van der Waals surface area contributed by atoms with Gasteiger partial charge in [0.2, 0.25) is 47.3 Å². The Labute approximate surface area is 522 Å². The van der Waals surface area contributed by atoms with Gasteiger partial charge in [0.1, 0.15) is 34.7 Å². The molecular weight excluding hydrogens is 1200 g/mol. The summed E-state index contributed by atoms with van der Waals surface area (Å²) in [5.74, 6) is -13.6. The van der Waals surface area contributed by atoms with E-state index in [9.17, 15) is 68.1 Å². The van der Waals surface area contributed by atoms with Crippen LogP contribution in [-0.2, 0) is 80.5 Å². The Morgan fingerprint density at radius 2 is 1.61 bits per heavy atom. The molecule has 2 aromatic rings. The number of nitrogens with two attached hydrogens (primary N) is 1. The summed E-state index contributed by atoms with van der Waals surface area (Å²) in [6.07, 6.45) is -1.59. The molecule has 2 unspecified atom stereocenters. The van der Waals surface area contributed by atoms with Crippen LogP contribution in [0.4, 0.5) is 0 Å². The maximum absolute atomic E-state index is 15.4. The summed E-state index contributed by atoms with van der Waals surface area (Å²) < 4.78 is 21.2. The minimum absolute atomic E-state index is 0.0966. The maximum atomic E-state index is 15.4. The number of nitrogens with one attached hydrogen (secondary N) is 7. The molecule has 27 nitrogen and oxygen atoms in total. The summed E-state index contributed by atoms with van der Waals surface area (Å²) >= 11 is 1.47. The highest BCUT2D eigenvalue weighted by Gasteiger charge is 2.45. The number of ketones is 3. The Balaban J connectivity index is 1.39. The number of hydrogen-bond acceptors (Lipinski definition) is 18. The lowest BCUT2D eigenvalue weighted by Gasteiger charge is -2.32. The van der Waals surface area contributed by atoms with Crippen LogP contribution in [0.3, 0.4) is 0 Å². The molecule has 1 aliphatic carbocycles. The second-order valence-electron chi connectivity index (χ2n) is 24.1. The molecular formula is C60H87N9O18S2. The van der Waals surface area contributed by atoms with Crippen molar-refractivity contribution >= 4 is 104 Å². The van der Waals surface area contributed by atoms with Crippen LogP contribution in [0.25, 0.3) is 10.9 Å². The molecule has 3 aliphatic heterocycles. The first-order valence-corrected chi connectivity index (χ1v) is 33.0. The molecule has 492 valence electrons. The van der Waals surface area contributed by atoms with E-state index in [0.717, 1.165) is 17.7 Å². The van der Waals surface area contributed by atoms with Gasteiger partial charge in [-0.1, -0.05) is 34.1 Å². The Bertz CT molecular complexity index is 2990. The van der Waals surface area contributed by atoms with E-state index >= 15 is 9.00 Å². The maximum Gasteiger partial charge on any atom is 0.303 e. The van der Waals surface area contributed by atoms with Crippen LogP contribution in [-0.4, -0.2) is 193 Å². The zero-order chi connectivity index (χ0) is 65.4. The fourth-order valence-electron chi connectivity index (χ4n) is 12.0. The number of hydrogen-bond donors (Lipinski definition) is 12. The van der Waals surface area contributed by atoms with Gasteiger partial charge in [0, 0.05) is 91.5 Å². The average molecular weight is 1290 g/mol. The topological polar surface area (TPSA) is 429 Å². The van der Waals surface area contributed by atoms with Gasteiger partial charge < -0.3 is 72.7 Å². The largest absolute Gasteiger partial charge is 0.496 e. The molecule has 1 saturated heterocycles. The molecule has 0 spiro atoms. The highest BCUT2D eigenvalue weighted by Crippen LogP contribution is 2.38. The number of amides is 8. The van der Waals surface area contributed by atoms with E-state index in [4.69, 9.17) is 15.6 Å². The van der Waals surface area contributed by atoms with E-state index in [0.29, 0.717) is 66.6 Å². The van der Waals surface area contributed by atoms with Gasteiger partial charge in [0.15, 0.2) is 11.6 Å². The van der Waals surface area contributed by atoms with Gasteiger partial charge in [0.25, 0.3) is 0 Å². The van der Waals surface area contributed by atoms with Gasteiger partial charge >= 0.3 is 5.97 Å². The number of H-pyrrole nitrogens is 1. The Kier molecular flexibility index (Phi) is 26.7. The summed E-state index contributed by atoms with van der Waals surface area (Å²) in [6.45, 7) is 4.23. The number of ether oxygens (including phenoxy) is 1. The van der Waals surface area contributed by atoms with E-state index in [1.165, 1.54) is 25.8 Å². The first kappa shape index (κ1) is 71.3. The van der Waals surface area contributed by atoms with Crippen LogP contribution in [0.2, 0.25) is 0 Å². The molecule has 8 amide bonds. The number of aliphatic hydroxyl groups excluding tert-OH is 3. The van der Waals surface area contributed by atoms with Crippen LogP contribution < -0.4 is 42.4 Å². The van der Waals surface area contributed by atoms with Crippen molar-refractivity contribution < 1.29 is 86.9 Å². The lowest BCUT2D eigenvalue weighted by Crippen LogP contribution is -2.60. The Hall–Kier alpha value is -6.82. The number of aliphatic hydroxyl groups is 3. The molecule has 89 heavy (non-hydrogen) atoms. The number of carbonyl (C=O) groups is 12. The number of nitrogens with zero attached hydrogens (tertiary/aromatic N) is 1. The summed E-state index contributed by atoms with van der Waals surface area (Å²) in [5.41, 5.74) is 6.69. The van der Waals surface area contributed by atoms with Crippen molar-refractivity contribution in [1.29, 1.82) is 0 Å². The van der Waals surface area contributed by atoms with Crippen LogP contribution in [0, 0.1) is 41.4 Å². The van der Waals surface area contributed by atoms with Gasteiger partial charge in [0.05, 0.1) is 73.5 Å². The van der Waals surface area contributed by atoms with E-state index < -0.39 is 193 Å². The van der Waals surface area contributed by atoms with E-state index in [1.54, 1.807) is 32.9 Å².